The minimum absolute atomic E-state index is 0.0461. The summed E-state index contributed by atoms with van der Waals surface area (Å²) in [6.45, 7) is 0. The summed E-state index contributed by atoms with van der Waals surface area (Å²) in [5, 5.41) is 20.9. The predicted octanol–water partition coefficient (Wildman–Crippen LogP) is 0.601. The summed E-state index contributed by atoms with van der Waals surface area (Å²) < 4.78 is 0. The van der Waals surface area contributed by atoms with Crippen molar-refractivity contribution in [2.24, 2.45) is 0 Å². The average molecular weight is 247 g/mol. The molecule has 0 unspecified atom stereocenters. The second-order valence-electron chi connectivity index (χ2n) is 3.33. The molecule has 0 aliphatic rings. The summed E-state index contributed by atoms with van der Waals surface area (Å²) in [5.74, 6) is -1.32. The highest BCUT2D eigenvalue weighted by Crippen LogP contribution is 2.22. The Labute approximate surface area is 101 Å². The summed E-state index contributed by atoms with van der Waals surface area (Å²) in [7, 11) is 0. The van der Waals surface area contributed by atoms with Gasteiger partial charge in [-0.3, -0.25) is 0 Å². The number of anilines is 3. The van der Waals surface area contributed by atoms with E-state index in [2.05, 4.69) is 20.3 Å². The minimum Gasteiger partial charge on any atom is -0.507 e. The molecule has 18 heavy (non-hydrogen) atoms. The SMILES string of the molecule is Nc1ncnc(Nc2ccc(O)c(C(=O)O)c2)n1. The molecule has 1 aromatic carbocycles. The number of nitrogens with zero attached hydrogens (tertiary/aromatic N) is 3. The van der Waals surface area contributed by atoms with E-state index in [1.807, 2.05) is 0 Å². The first-order valence-corrected chi connectivity index (χ1v) is 4.84. The zero-order valence-electron chi connectivity index (χ0n) is 9.03. The lowest BCUT2D eigenvalue weighted by atomic mass is 10.2. The number of nitrogens with one attached hydrogen (secondary N) is 1. The molecule has 92 valence electrons. The van der Waals surface area contributed by atoms with Gasteiger partial charge < -0.3 is 21.3 Å². The molecule has 0 spiro atoms. The van der Waals surface area contributed by atoms with E-state index in [0.717, 1.165) is 0 Å². The van der Waals surface area contributed by atoms with Gasteiger partial charge in [0, 0.05) is 5.69 Å². The Hall–Kier alpha value is -2.90. The molecule has 1 heterocycles. The summed E-state index contributed by atoms with van der Waals surface area (Å²) >= 11 is 0. The number of aromatic nitrogens is 3. The first kappa shape index (κ1) is 11.6. The summed E-state index contributed by atoms with van der Waals surface area (Å²) in [6, 6.07) is 4.01. The predicted molar refractivity (Wildman–Crippen MR) is 62.6 cm³/mol. The summed E-state index contributed by atoms with van der Waals surface area (Å²) in [5.41, 5.74) is 5.57. The number of benzene rings is 1. The van der Waals surface area contributed by atoms with Crippen LogP contribution in [0.4, 0.5) is 17.6 Å². The van der Waals surface area contributed by atoms with Crippen molar-refractivity contribution in [3.8, 4) is 5.75 Å². The normalized spacial score (nSPS) is 10.0. The third-order valence-electron chi connectivity index (χ3n) is 2.07. The van der Waals surface area contributed by atoms with Crippen LogP contribution in [0, 0.1) is 0 Å². The van der Waals surface area contributed by atoms with Gasteiger partial charge >= 0.3 is 5.97 Å². The van der Waals surface area contributed by atoms with Crippen molar-refractivity contribution in [1.82, 2.24) is 15.0 Å². The first-order chi connectivity index (χ1) is 8.56. The van der Waals surface area contributed by atoms with Crippen LogP contribution in [0.25, 0.3) is 0 Å². The van der Waals surface area contributed by atoms with E-state index in [1.54, 1.807) is 0 Å². The van der Waals surface area contributed by atoms with Gasteiger partial charge in [-0.2, -0.15) is 4.98 Å². The number of hydrogen-bond donors (Lipinski definition) is 4. The number of carbonyl (C=O) groups is 1. The molecule has 0 aliphatic carbocycles. The van der Waals surface area contributed by atoms with Crippen LogP contribution in [0.3, 0.4) is 0 Å². The van der Waals surface area contributed by atoms with Crippen molar-refractivity contribution >= 4 is 23.6 Å². The quantitative estimate of drug-likeness (QED) is 0.579. The molecule has 2 aromatic rings. The highest BCUT2D eigenvalue weighted by atomic mass is 16.4. The second kappa shape index (κ2) is 4.53. The van der Waals surface area contributed by atoms with Crippen LogP contribution in [0.2, 0.25) is 0 Å². The Morgan fingerprint density at radius 2 is 2.11 bits per heavy atom. The number of carboxylic acids is 1. The maximum atomic E-state index is 10.8. The van der Waals surface area contributed by atoms with Crippen LogP contribution in [0.5, 0.6) is 5.75 Å². The number of hydrogen-bond acceptors (Lipinski definition) is 7. The Kier molecular flexibility index (Phi) is 2.92. The zero-order valence-corrected chi connectivity index (χ0v) is 9.03. The minimum atomic E-state index is -1.23. The molecular formula is C10H9N5O3. The fourth-order valence-corrected chi connectivity index (χ4v) is 1.28. The van der Waals surface area contributed by atoms with Crippen molar-refractivity contribution < 1.29 is 15.0 Å². The molecule has 0 bridgehead atoms. The Balaban J connectivity index is 2.30. The molecule has 2 rings (SSSR count). The van der Waals surface area contributed by atoms with Crippen LogP contribution in [-0.4, -0.2) is 31.1 Å². The van der Waals surface area contributed by atoms with Gasteiger partial charge in [-0.15, -0.1) is 0 Å². The molecule has 0 amide bonds. The van der Waals surface area contributed by atoms with E-state index in [0.29, 0.717) is 5.69 Å². The lowest BCUT2D eigenvalue weighted by Crippen LogP contribution is -2.03. The van der Waals surface area contributed by atoms with Crippen molar-refractivity contribution in [3.05, 3.63) is 30.1 Å². The monoisotopic (exact) mass is 247 g/mol. The van der Waals surface area contributed by atoms with Gasteiger partial charge in [0.2, 0.25) is 11.9 Å². The maximum Gasteiger partial charge on any atom is 0.339 e. The molecular weight excluding hydrogens is 238 g/mol. The van der Waals surface area contributed by atoms with Crippen molar-refractivity contribution in [1.29, 1.82) is 0 Å². The van der Waals surface area contributed by atoms with Crippen LogP contribution in [0.15, 0.2) is 24.5 Å². The largest absolute Gasteiger partial charge is 0.507 e. The van der Waals surface area contributed by atoms with Gasteiger partial charge in [0.1, 0.15) is 17.6 Å². The first-order valence-electron chi connectivity index (χ1n) is 4.84. The van der Waals surface area contributed by atoms with Gasteiger partial charge in [0.05, 0.1) is 0 Å². The molecule has 5 N–H and O–H groups in total. The molecule has 0 radical (unpaired) electrons. The van der Waals surface area contributed by atoms with Crippen molar-refractivity contribution in [2.45, 2.75) is 0 Å². The number of aromatic carboxylic acids is 1. The van der Waals surface area contributed by atoms with Gasteiger partial charge in [0.25, 0.3) is 0 Å². The molecule has 8 nitrogen and oxygen atoms in total. The van der Waals surface area contributed by atoms with Gasteiger partial charge in [-0.1, -0.05) is 0 Å². The number of nitrogen functional groups attached to an aromatic ring is 1. The van der Waals surface area contributed by atoms with Crippen LogP contribution in [-0.2, 0) is 0 Å². The lowest BCUT2D eigenvalue weighted by molar-refractivity contribution is 0.0694. The molecule has 0 aliphatic heterocycles. The molecule has 0 atom stereocenters. The lowest BCUT2D eigenvalue weighted by Gasteiger charge is -2.06. The Morgan fingerprint density at radius 3 is 2.78 bits per heavy atom. The van der Waals surface area contributed by atoms with Crippen LogP contribution < -0.4 is 11.1 Å². The van der Waals surface area contributed by atoms with E-state index < -0.39 is 5.97 Å². The number of nitrogens with two attached hydrogens (primary N) is 1. The highest BCUT2D eigenvalue weighted by Gasteiger charge is 2.10. The standard InChI is InChI=1S/C10H9N5O3/c11-9-12-4-13-10(15-9)14-5-1-2-7(16)6(3-5)8(17)18/h1-4,16H,(H,17,18)(H3,11,12,13,14,15). The fraction of sp³-hybridized carbons (Fsp3) is 0. The molecule has 8 heteroatoms. The summed E-state index contributed by atoms with van der Waals surface area (Å²) in [6.07, 6.45) is 1.23. The van der Waals surface area contributed by atoms with Gasteiger partial charge in [-0.25, -0.2) is 14.8 Å². The zero-order chi connectivity index (χ0) is 13.1. The van der Waals surface area contributed by atoms with E-state index >= 15 is 0 Å². The number of carboxylic acid groups (broad SMARTS) is 1. The molecule has 1 aromatic heterocycles. The highest BCUT2D eigenvalue weighted by molar-refractivity contribution is 5.92. The molecule has 0 fully saturated rings. The van der Waals surface area contributed by atoms with E-state index in [-0.39, 0.29) is 23.2 Å². The average Bonchev–Trinajstić information content (AvgIpc) is 2.31. The Morgan fingerprint density at radius 1 is 1.33 bits per heavy atom. The van der Waals surface area contributed by atoms with E-state index in [4.69, 9.17) is 10.8 Å². The van der Waals surface area contributed by atoms with E-state index in [1.165, 1.54) is 24.5 Å². The number of phenols is 1. The molecule has 0 saturated carbocycles. The number of aromatic hydroxyl groups is 1. The third kappa shape index (κ3) is 2.43. The third-order valence-corrected chi connectivity index (χ3v) is 2.07. The topological polar surface area (TPSA) is 134 Å². The van der Waals surface area contributed by atoms with E-state index in [9.17, 15) is 9.90 Å². The maximum absolute atomic E-state index is 10.8. The smallest absolute Gasteiger partial charge is 0.339 e. The second-order valence-corrected chi connectivity index (χ2v) is 3.33. The fourth-order valence-electron chi connectivity index (χ4n) is 1.28. The van der Waals surface area contributed by atoms with Crippen molar-refractivity contribution in [3.63, 3.8) is 0 Å². The van der Waals surface area contributed by atoms with Crippen LogP contribution in [0.1, 0.15) is 10.4 Å². The van der Waals surface area contributed by atoms with Crippen LogP contribution >= 0.6 is 0 Å². The van der Waals surface area contributed by atoms with Gasteiger partial charge in [0.15, 0.2) is 0 Å². The Bertz CT molecular complexity index is 602. The van der Waals surface area contributed by atoms with Crippen molar-refractivity contribution in [2.75, 3.05) is 11.1 Å². The number of rotatable bonds is 3. The van der Waals surface area contributed by atoms with Gasteiger partial charge in [-0.05, 0) is 18.2 Å². The molecule has 0 saturated heterocycles. The summed E-state index contributed by atoms with van der Waals surface area (Å²) in [4.78, 5) is 22.1.